The number of carboxylic acids is 1. The van der Waals surface area contributed by atoms with Crippen LogP contribution < -0.4 is 0 Å². The Kier molecular flexibility index (Phi) is 3.49. The highest BCUT2D eigenvalue weighted by atomic mass is 35.5. The highest BCUT2D eigenvalue weighted by molar-refractivity contribution is 6.19. The summed E-state index contributed by atoms with van der Waals surface area (Å²) in [6.07, 6.45) is 0. The first-order valence-electron chi connectivity index (χ1n) is 3.73. The lowest BCUT2D eigenvalue weighted by Gasteiger charge is -1.98. The highest BCUT2D eigenvalue weighted by Gasteiger charge is 2.08. The first-order valence-corrected chi connectivity index (χ1v) is 4.26. The number of hydrogen-bond acceptors (Lipinski definition) is 1. The van der Waals surface area contributed by atoms with Gasteiger partial charge in [-0.3, -0.25) is 0 Å². The van der Waals surface area contributed by atoms with Gasteiger partial charge in [0, 0.05) is 5.56 Å². The SMILES string of the molecule is O=C(O)c1ccc(F)cc1C#CCCl. The van der Waals surface area contributed by atoms with Crippen LogP contribution in [0.5, 0.6) is 0 Å². The van der Waals surface area contributed by atoms with Crippen LogP contribution in [0.15, 0.2) is 18.2 Å². The van der Waals surface area contributed by atoms with E-state index in [0.717, 1.165) is 12.1 Å². The van der Waals surface area contributed by atoms with E-state index in [1.807, 2.05) is 0 Å². The van der Waals surface area contributed by atoms with Gasteiger partial charge in [-0.25, -0.2) is 9.18 Å². The number of carbonyl (C=O) groups is 1. The summed E-state index contributed by atoms with van der Waals surface area (Å²) < 4.78 is 12.7. The van der Waals surface area contributed by atoms with Gasteiger partial charge in [0.1, 0.15) is 5.82 Å². The van der Waals surface area contributed by atoms with Crippen molar-refractivity contribution in [1.82, 2.24) is 0 Å². The van der Waals surface area contributed by atoms with Crippen molar-refractivity contribution in [3.8, 4) is 11.8 Å². The molecular weight excluding hydrogens is 207 g/mol. The maximum atomic E-state index is 12.7. The van der Waals surface area contributed by atoms with Gasteiger partial charge in [0.25, 0.3) is 0 Å². The zero-order valence-electron chi connectivity index (χ0n) is 7.05. The molecule has 0 unspecified atom stereocenters. The van der Waals surface area contributed by atoms with Crippen molar-refractivity contribution in [2.24, 2.45) is 0 Å². The van der Waals surface area contributed by atoms with Crippen molar-refractivity contribution in [3.63, 3.8) is 0 Å². The minimum Gasteiger partial charge on any atom is -0.478 e. The van der Waals surface area contributed by atoms with Crippen LogP contribution in [0.1, 0.15) is 15.9 Å². The lowest BCUT2D eigenvalue weighted by molar-refractivity contribution is 0.0696. The summed E-state index contributed by atoms with van der Waals surface area (Å²) in [6.45, 7) is 0. The predicted octanol–water partition coefficient (Wildman–Crippen LogP) is 2.11. The van der Waals surface area contributed by atoms with Gasteiger partial charge in [-0.15, -0.1) is 11.6 Å². The molecule has 1 rings (SSSR count). The molecule has 0 radical (unpaired) electrons. The Morgan fingerprint density at radius 2 is 2.29 bits per heavy atom. The van der Waals surface area contributed by atoms with Crippen LogP contribution in [0.3, 0.4) is 0 Å². The number of hydrogen-bond donors (Lipinski definition) is 1. The summed E-state index contributed by atoms with van der Waals surface area (Å²) in [4.78, 5) is 10.7. The fourth-order valence-corrected chi connectivity index (χ4v) is 1.00. The van der Waals surface area contributed by atoms with Gasteiger partial charge in [-0.2, -0.15) is 0 Å². The molecule has 2 nitrogen and oxygen atoms in total. The largest absolute Gasteiger partial charge is 0.478 e. The molecule has 0 aliphatic rings. The maximum absolute atomic E-state index is 12.7. The van der Waals surface area contributed by atoms with Crippen LogP contribution in [-0.4, -0.2) is 17.0 Å². The van der Waals surface area contributed by atoms with Gasteiger partial charge < -0.3 is 5.11 Å². The fraction of sp³-hybridized carbons (Fsp3) is 0.100. The summed E-state index contributed by atoms with van der Waals surface area (Å²) in [5, 5.41) is 8.73. The number of benzene rings is 1. The summed E-state index contributed by atoms with van der Waals surface area (Å²) in [5.41, 5.74) is 0.113. The van der Waals surface area contributed by atoms with Crippen LogP contribution >= 0.6 is 11.6 Å². The second-order valence-electron chi connectivity index (χ2n) is 2.43. The van der Waals surface area contributed by atoms with Crippen LogP contribution in [0.2, 0.25) is 0 Å². The van der Waals surface area contributed by atoms with E-state index < -0.39 is 11.8 Å². The Balaban J connectivity index is 3.22. The topological polar surface area (TPSA) is 37.3 Å². The number of alkyl halides is 1. The molecule has 0 amide bonds. The third kappa shape index (κ3) is 2.48. The van der Waals surface area contributed by atoms with Gasteiger partial charge in [-0.1, -0.05) is 11.8 Å². The normalized spacial score (nSPS) is 9.00. The van der Waals surface area contributed by atoms with Crippen molar-refractivity contribution < 1.29 is 14.3 Å². The fourth-order valence-electron chi connectivity index (χ4n) is 0.935. The van der Waals surface area contributed by atoms with E-state index >= 15 is 0 Å². The summed E-state index contributed by atoms with van der Waals surface area (Å²) in [6, 6.07) is 3.33. The van der Waals surface area contributed by atoms with Crippen LogP contribution in [0.4, 0.5) is 4.39 Å². The Bertz CT molecular complexity index is 418. The molecule has 0 aliphatic heterocycles. The molecule has 72 valence electrons. The molecule has 14 heavy (non-hydrogen) atoms. The highest BCUT2D eigenvalue weighted by Crippen LogP contribution is 2.10. The third-order valence-electron chi connectivity index (χ3n) is 1.50. The molecule has 0 fully saturated rings. The molecule has 0 spiro atoms. The first kappa shape index (κ1) is 10.6. The molecular formula is C10H6ClFO2. The maximum Gasteiger partial charge on any atom is 0.336 e. The van der Waals surface area contributed by atoms with E-state index in [9.17, 15) is 9.18 Å². The third-order valence-corrected chi connectivity index (χ3v) is 1.64. The Morgan fingerprint density at radius 3 is 2.86 bits per heavy atom. The molecule has 0 aliphatic carbocycles. The summed E-state index contributed by atoms with van der Waals surface area (Å²) in [5.74, 6) is 3.38. The van der Waals surface area contributed by atoms with Crippen molar-refractivity contribution in [3.05, 3.63) is 35.1 Å². The molecule has 0 saturated carbocycles. The number of halogens is 2. The first-order chi connectivity index (χ1) is 6.65. The van der Waals surface area contributed by atoms with E-state index in [2.05, 4.69) is 11.8 Å². The Hall–Kier alpha value is -1.53. The van der Waals surface area contributed by atoms with Crippen LogP contribution in [0.25, 0.3) is 0 Å². The molecule has 0 heterocycles. The molecule has 1 N–H and O–H groups in total. The van der Waals surface area contributed by atoms with Gasteiger partial charge in [0.2, 0.25) is 0 Å². The van der Waals surface area contributed by atoms with E-state index in [1.54, 1.807) is 0 Å². The van der Waals surface area contributed by atoms with Crippen molar-refractivity contribution in [1.29, 1.82) is 0 Å². The van der Waals surface area contributed by atoms with Crippen LogP contribution in [-0.2, 0) is 0 Å². The Labute approximate surface area is 85.3 Å². The van der Waals surface area contributed by atoms with Gasteiger partial charge >= 0.3 is 5.97 Å². The summed E-state index contributed by atoms with van der Waals surface area (Å²) in [7, 11) is 0. The van der Waals surface area contributed by atoms with Gasteiger partial charge in [0.05, 0.1) is 11.4 Å². The molecule has 0 bridgehead atoms. The minimum atomic E-state index is -1.14. The van der Waals surface area contributed by atoms with Gasteiger partial charge in [0.15, 0.2) is 0 Å². The Morgan fingerprint density at radius 1 is 1.57 bits per heavy atom. The zero-order valence-corrected chi connectivity index (χ0v) is 7.81. The smallest absolute Gasteiger partial charge is 0.336 e. The number of rotatable bonds is 1. The van der Waals surface area contributed by atoms with Crippen molar-refractivity contribution in [2.45, 2.75) is 0 Å². The molecule has 0 aromatic heterocycles. The standard InChI is InChI=1S/C10H6ClFO2/c11-5-1-2-7-6-8(12)3-4-9(7)10(13)14/h3-4,6H,5H2,(H,13,14). The quantitative estimate of drug-likeness (QED) is 0.572. The second-order valence-corrected chi connectivity index (χ2v) is 2.70. The molecule has 4 heteroatoms. The van der Waals surface area contributed by atoms with Crippen LogP contribution in [0, 0.1) is 17.7 Å². The average molecular weight is 213 g/mol. The molecule has 0 saturated heterocycles. The molecule has 0 atom stereocenters. The summed E-state index contributed by atoms with van der Waals surface area (Å²) >= 11 is 5.31. The minimum absolute atomic E-state index is 0.0241. The van der Waals surface area contributed by atoms with Gasteiger partial charge in [-0.05, 0) is 18.2 Å². The average Bonchev–Trinajstić information content (AvgIpc) is 2.14. The predicted molar refractivity (Wildman–Crippen MR) is 51.0 cm³/mol. The lowest BCUT2D eigenvalue weighted by atomic mass is 10.1. The van der Waals surface area contributed by atoms with E-state index in [1.165, 1.54) is 6.07 Å². The van der Waals surface area contributed by atoms with E-state index in [0.29, 0.717) is 0 Å². The zero-order chi connectivity index (χ0) is 10.6. The van der Waals surface area contributed by atoms with Crippen molar-refractivity contribution in [2.75, 3.05) is 5.88 Å². The second kappa shape index (κ2) is 4.64. The lowest BCUT2D eigenvalue weighted by Crippen LogP contribution is -2.00. The van der Waals surface area contributed by atoms with E-state index in [4.69, 9.17) is 16.7 Å². The molecule has 1 aromatic carbocycles. The molecule has 1 aromatic rings. The van der Waals surface area contributed by atoms with E-state index in [-0.39, 0.29) is 17.0 Å². The monoisotopic (exact) mass is 212 g/mol. The van der Waals surface area contributed by atoms with Crippen molar-refractivity contribution >= 4 is 17.6 Å². The number of aromatic carboxylic acids is 1. The number of carboxylic acid groups (broad SMARTS) is 1.